The lowest BCUT2D eigenvalue weighted by Crippen LogP contribution is -2.33. The maximum Gasteiger partial charge on any atom is 0.0406 e. The van der Waals surface area contributed by atoms with Gasteiger partial charge in [0.2, 0.25) is 0 Å². The van der Waals surface area contributed by atoms with Crippen LogP contribution in [0, 0.1) is 5.92 Å². The Balaban J connectivity index is 2.63. The number of benzene rings is 1. The van der Waals surface area contributed by atoms with Gasteiger partial charge in [0.05, 0.1) is 0 Å². The standard InChI is InChI=1S/C11H17BrN2/c1-8(2)11(7-13)14-10-5-3-9(12)4-6-10/h3-6,8,11,14H,7,13H2,1-2H3. The molecule has 1 unspecified atom stereocenters. The van der Waals surface area contributed by atoms with E-state index in [0.717, 1.165) is 10.2 Å². The molecule has 0 aliphatic heterocycles. The lowest BCUT2D eigenvalue weighted by Gasteiger charge is -2.21. The quantitative estimate of drug-likeness (QED) is 0.870. The summed E-state index contributed by atoms with van der Waals surface area (Å²) in [5.74, 6) is 0.545. The van der Waals surface area contributed by atoms with Gasteiger partial charge < -0.3 is 11.1 Å². The van der Waals surface area contributed by atoms with Crippen LogP contribution in [-0.2, 0) is 0 Å². The normalized spacial score (nSPS) is 12.9. The van der Waals surface area contributed by atoms with E-state index in [0.29, 0.717) is 18.5 Å². The van der Waals surface area contributed by atoms with Gasteiger partial charge in [-0.1, -0.05) is 29.8 Å². The third kappa shape index (κ3) is 3.31. The third-order valence-electron chi connectivity index (χ3n) is 2.25. The number of hydrogen-bond donors (Lipinski definition) is 2. The summed E-state index contributed by atoms with van der Waals surface area (Å²) in [5.41, 5.74) is 6.80. The Kier molecular flexibility index (Phi) is 4.42. The van der Waals surface area contributed by atoms with Crippen molar-refractivity contribution in [2.45, 2.75) is 19.9 Å². The van der Waals surface area contributed by atoms with Gasteiger partial charge in [0.15, 0.2) is 0 Å². The second-order valence-electron chi connectivity index (χ2n) is 3.74. The Morgan fingerprint density at radius 1 is 1.29 bits per heavy atom. The fourth-order valence-electron chi connectivity index (χ4n) is 1.26. The van der Waals surface area contributed by atoms with E-state index in [2.05, 4.69) is 47.2 Å². The summed E-state index contributed by atoms with van der Waals surface area (Å²) in [7, 11) is 0. The topological polar surface area (TPSA) is 38.0 Å². The van der Waals surface area contributed by atoms with Gasteiger partial charge in [0.25, 0.3) is 0 Å². The van der Waals surface area contributed by atoms with Crippen LogP contribution in [0.15, 0.2) is 28.7 Å². The molecule has 0 amide bonds. The van der Waals surface area contributed by atoms with Crippen molar-refractivity contribution in [1.29, 1.82) is 0 Å². The monoisotopic (exact) mass is 256 g/mol. The number of nitrogens with one attached hydrogen (secondary N) is 1. The van der Waals surface area contributed by atoms with Crippen molar-refractivity contribution in [2.24, 2.45) is 11.7 Å². The second-order valence-corrected chi connectivity index (χ2v) is 4.65. The summed E-state index contributed by atoms with van der Waals surface area (Å²) in [4.78, 5) is 0. The van der Waals surface area contributed by atoms with E-state index in [1.165, 1.54) is 0 Å². The average Bonchev–Trinajstić information content (AvgIpc) is 2.16. The Labute approximate surface area is 94.0 Å². The molecule has 0 radical (unpaired) electrons. The Morgan fingerprint density at radius 2 is 1.86 bits per heavy atom. The highest BCUT2D eigenvalue weighted by atomic mass is 79.9. The molecule has 0 spiro atoms. The number of hydrogen-bond acceptors (Lipinski definition) is 2. The molecule has 1 atom stereocenters. The summed E-state index contributed by atoms with van der Waals surface area (Å²) in [6.45, 7) is 5.00. The van der Waals surface area contributed by atoms with Gasteiger partial charge in [-0.15, -0.1) is 0 Å². The van der Waals surface area contributed by atoms with Crippen LogP contribution in [-0.4, -0.2) is 12.6 Å². The van der Waals surface area contributed by atoms with Crippen LogP contribution in [0.2, 0.25) is 0 Å². The Morgan fingerprint density at radius 3 is 2.29 bits per heavy atom. The van der Waals surface area contributed by atoms with E-state index in [9.17, 15) is 0 Å². The van der Waals surface area contributed by atoms with Gasteiger partial charge in [-0.3, -0.25) is 0 Å². The lowest BCUT2D eigenvalue weighted by atomic mass is 10.0. The molecule has 14 heavy (non-hydrogen) atoms. The molecule has 1 rings (SSSR count). The van der Waals surface area contributed by atoms with Crippen molar-refractivity contribution in [3.63, 3.8) is 0 Å². The maximum atomic E-state index is 5.68. The molecule has 78 valence electrons. The molecule has 0 fully saturated rings. The van der Waals surface area contributed by atoms with E-state index in [1.807, 2.05) is 12.1 Å². The summed E-state index contributed by atoms with van der Waals surface area (Å²) in [5, 5.41) is 3.41. The molecule has 0 saturated carbocycles. The van der Waals surface area contributed by atoms with Gasteiger partial charge in [0.1, 0.15) is 0 Å². The Hall–Kier alpha value is -0.540. The van der Waals surface area contributed by atoms with E-state index >= 15 is 0 Å². The first kappa shape index (κ1) is 11.5. The number of halogens is 1. The summed E-state index contributed by atoms with van der Waals surface area (Å²) >= 11 is 3.41. The van der Waals surface area contributed by atoms with Crippen molar-refractivity contribution in [2.75, 3.05) is 11.9 Å². The summed E-state index contributed by atoms with van der Waals surface area (Å²) < 4.78 is 1.09. The zero-order valence-electron chi connectivity index (χ0n) is 8.63. The number of rotatable bonds is 4. The lowest BCUT2D eigenvalue weighted by molar-refractivity contribution is 0.531. The predicted molar refractivity (Wildman–Crippen MR) is 65.4 cm³/mol. The molecule has 0 aliphatic rings. The summed E-state index contributed by atoms with van der Waals surface area (Å²) in [6, 6.07) is 8.49. The van der Waals surface area contributed by atoms with Gasteiger partial charge in [0, 0.05) is 22.7 Å². The van der Waals surface area contributed by atoms with Crippen molar-refractivity contribution < 1.29 is 0 Å². The molecule has 0 saturated heterocycles. The molecule has 0 aliphatic carbocycles. The molecule has 0 aromatic heterocycles. The molecule has 3 N–H and O–H groups in total. The molecular formula is C11H17BrN2. The smallest absolute Gasteiger partial charge is 0.0406 e. The first-order chi connectivity index (χ1) is 6.63. The molecule has 0 bridgehead atoms. The third-order valence-corrected chi connectivity index (χ3v) is 2.78. The van der Waals surface area contributed by atoms with Gasteiger partial charge in [-0.2, -0.15) is 0 Å². The van der Waals surface area contributed by atoms with E-state index in [-0.39, 0.29) is 0 Å². The van der Waals surface area contributed by atoms with Gasteiger partial charge >= 0.3 is 0 Å². The minimum Gasteiger partial charge on any atom is -0.381 e. The molecule has 1 aromatic carbocycles. The molecule has 2 nitrogen and oxygen atoms in total. The highest BCUT2D eigenvalue weighted by Crippen LogP contribution is 2.16. The van der Waals surface area contributed by atoms with Crippen LogP contribution < -0.4 is 11.1 Å². The van der Waals surface area contributed by atoms with E-state index in [4.69, 9.17) is 5.73 Å². The minimum atomic E-state index is 0.344. The minimum absolute atomic E-state index is 0.344. The van der Waals surface area contributed by atoms with Crippen LogP contribution in [0.25, 0.3) is 0 Å². The SMILES string of the molecule is CC(C)C(CN)Nc1ccc(Br)cc1. The highest BCUT2D eigenvalue weighted by Gasteiger charge is 2.10. The van der Waals surface area contributed by atoms with E-state index in [1.54, 1.807) is 0 Å². The van der Waals surface area contributed by atoms with Crippen molar-refractivity contribution >= 4 is 21.6 Å². The molecule has 3 heteroatoms. The fourth-order valence-corrected chi connectivity index (χ4v) is 1.52. The van der Waals surface area contributed by atoms with Gasteiger partial charge in [-0.25, -0.2) is 0 Å². The summed E-state index contributed by atoms with van der Waals surface area (Å²) in [6.07, 6.45) is 0. The Bertz CT molecular complexity index is 269. The zero-order chi connectivity index (χ0) is 10.6. The number of nitrogens with two attached hydrogens (primary N) is 1. The zero-order valence-corrected chi connectivity index (χ0v) is 10.2. The first-order valence-corrected chi connectivity index (χ1v) is 5.65. The molecular weight excluding hydrogens is 240 g/mol. The average molecular weight is 257 g/mol. The maximum absolute atomic E-state index is 5.68. The fraction of sp³-hybridized carbons (Fsp3) is 0.455. The first-order valence-electron chi connectivity index (χ1n) is 4.85. The van der Waals surface area contributed by atoms with Crippen molar-refractivity contribution in [1.82, 2.24) is 0 Å². The highest BCUT2D eigenvalue weighted by molar-refractivity contribution is 9.10. The van der Waals surface area contributed by atoms with Crippen molar-refractivity contribution in [3.8, 4) is 0 Å². The van der Waals surface area contributed by atoms with Crippen molar-refractivity contribution in [3.05, 3.63) is 28.7 Å². The van der Waals surface area contributed by atoms with Crippen LogP contribution >= 0.6 is 15.9 Å². The van der Waals surface area contributed by atoms with Crippen LogP contribution in [0.4, 0.5) is 5.69 Å². The second kappa shape index (κ2) is 5.37. The number of anilines is 1. The molecule has 1 aromatic rings. The largest absolute Gasteiger partial charge is 0.381 e. The predicted octanol–water partition coefficient (Wildman–Crippen LogP) is 2.84. The van der Waals surface area contributed by atoms with Crippen LogP contribution in [0.3, 0.4) is 0 Å². The van der Waals surface area contributed by atoms with Crippen LogP contribution in [0.1, 0.15) is 13.8 Å². The molecule has 0 heterocycles. The van der Waals surface area contributed by atoms with Gasteiger partial charge in [-0.05, 0) is 30.2 Å². The van der Waals surface area contributed by atoms with E-state index < -0.39 is 0 Å². The van der Waals surface area contributed by atoms with Crippen LogP contribution in [0.5, 0.6) is 0 Å².